The van der Waals surface area contributed by atoms with E-state index < -0.39 is 0 Å². The molecule has 0 saturated carbocycles. The summed E-state index contributed by atoms with van der Waals surface area (Å²) in [5.74, 6) is 1.21. The summed E-state index contributed by atoms with van der Waals surface area (Å²) in [6.07, 6.45) is 1.57. The maximum atomic E-state index is 5.95. The molecule has 0 unspecified atom stereocenters. The van der Waals surface area contributed by atoms with E-state index in [1.54, 1.807) is 30.5 Å². The number of benzene rings is 2. The zero-order valence-corrected chi connectivity index (χ0v) is 11.9. The first kappa shape index (κ1) is 13.5. The van der Waals surface area contributed by atoms with E-state index in [0.29, 0.717) is 34.7 Å². The van der Waals surface area contributed by atoms with Crippen LogP contribution in [0.4, 0.5) is 5.69 Å². The Hall–Kier alpha value is -2.46. The standard InChI is InChI=1S/C16H13ClN2O2/c17-12-4-1-3-11(7-12)16-19-14(10-21-16)9-20-15-6-2-5-13(18)8-15/h1-8,10H,9,18H2. The Labute approximate surface area is 127 Å². The lowest BCUT2D eigenvalue weighted by Gasteiger charge is -2.03. The molecule has 0 fully saturated rings. The first-order valence-electron chi connectivity index (χ1n) is 6.39. The topological polar surface area (TPSA) is 61.3 Å². The van der Waals surface area contributed by atoms with Gasteiger partial charge in [-0.15, -0.1) is 0 Å². The van der Waals surface area contributed by atoms with Gasteiger partial charge in [0, 0.05) is 22.3 Å². The van der Waals surface area contributed by atoms with Crippen molar-refractivity contribution in [2.45, 2.75) is 6.61 Å². The number of rotatable bonds is 4. The summed E-state index contributed by atoms with van der Waals surface area (Å²) < 4.78 is 11.1. The molecule has 0 aliphatic carbocycles. The molecule has 21 heavy (non-hydrogen) atoms. The van der Waals surface area contributed by atoms with Crippen LogP contribution in [0, 0.1) is 0 Å². The smallest absolute Gasteiger partial charge is 0.226 e. The van der Waals surface area contributed by atoms with Gasteiger partial charge in [-0.2, -0.15) is 0 Å². The van der Waals surface area contributed by atoms with Crippen LogP contribution in [0.15, 0.2) is 59.2 Å². The summed E-state index contributed by atoms with van der Waals surface area (Å²) in [7, 11) is 0. The molecule has 0 radical (unpaired) electrons. The largest absolute Gasteiger partial charge is 0.487 e. The Balaban J connectivity index is 1.71. The maximum absolute atomic E-state index is 5.95. The molecule has 0 aliphatic heterocycles. The number of anilines is 1. The average molecular weight is 301 g/mol. The number of nitrogens with two attached hydrogens (primary N) is 1. The number of oxazole rings is 1. The lowest BCUT2D eigenvalue weighted by Crippen LogP contribution is -1.96. The van der Waals surface area contributed by atoms with Gasteiger partial charge in [-0.05, 0) is 30.3 Å². The molecule has 0 amide bonds. The molecule has 2 aromatic carbocycles. The summed E-state index contributed by atoms with van der Waals surface area (Å²) >= 11 is 5.95. The molecular formula is C16H13ClN2O2. The molecule has 5 heteroatoms. The highest BCUT2D eigenvalue weighted by Gasteiger charge is 2.07. The first-order valence-corrected chi connectivity index (χ1v) is 6.77. The van der Waals surface area contributed by atoms with Crippen molar-refractivity contribution < 1.29 is 9.15 Å². The Kier molecular flexibility index (Phi) is 3.79. The third-order valence-corrected chi connectivity index (χ3v) is 3.10. The minimum Gasteiger partial charge on any atom is -0.487 e. The molecule has 3 rings (SSSR count). The van der Waals surface area contributed by atoms with E-state index in [1.165, 1.54) is 0 Å². The minimum absolute atomic E-state index is 0.313. The van der Waals surface area contributed by atoms with Crippen molar-refractivity contribution in [2.24, 2.45) is 0 Å². The molecule has 0 atom stereocenters. The van der Waals surface area contributed by atoms with Crippen molar-refractivity contribution >= 4 is 17.3 Å². The maximum Gasteiger partial charge on any atom is 0.226 e. The van der Waals surface area contributed by atoms with Gasteiger partial charge in [-0.25, -0.2) is 4.98 Å². The second kappa shape index (κ2) is 5.89. The minimum atomic E-state index is 0.313. The summed E-state index contributed by atoms with van der Waals surface area (Å²) in [5, 5.41) is 0.642. The van der Waals surface area contributed by atoms with E-state index in [1.807, 2.05) is 24.3 Å². The van der Waals surface area contributed by atoms with Crippen LogP contribution in [-0.4, -0.2) is 4.98 Å². The zero-order chi connectivity index (χ0) is 14.7. The van der Waals surface area contributed by atoms with Gasteiger partial charge in [-0.3, -0.25) is 0 Å². The lowest BCUT2D eigenvalue weighted by atomic mass is 10.2. The van der Waals surface area contributed by atoms with Gasteiger partial charge >= 0.3 is 0 Å². The van der Waals surface area contributed by atoms with E-state index in [-0.39, 0.29) is 0 Å². The average Bonchev–Trinajstić information content (AvgIpc) is 2.94. The SMILES string of the molecule is Nc1cccc(OCc2coc(-c3cccc(Cl)c3)n2)c1. The van der Waals surface area contributed by atoms with E-state index in [9.17, 15) is 0 Å². The van der Waals surface area contributed by atoms with Crippen molar-refractivity contribution in [2.75, 3.05) is 5.73 Å². The summed E-state index contributed by atoms with van der Waals surface area (Å²) in [6, 6.07) is 14.6. The second-order valence-electron chi connectivity index (χ2n) is 4.52. The van der Waals surface area contributed by atoms with Gasteiger partial charge in [-0.1, -0.05) is 23.7 Å². The number of hydrogen-bond acceptors (Lipinski definition) is 4. The Bertz CT molecular complexity index is 755. The number of nitrogens with zero attached hydrogens (tertiary/aromatic N) is 1. The van der Waals surface area contributed by atoms with Gasteiger partial charge < -0.3 is 14.9 Å². The molecule has 0 bridgehead atoms. The highest BCUT2D eigenvalue weighted by molar-refractivity contribution is 6.30. The van der Waals surface area contributed by atoms with Crippen molar-refractivity contribution in [1.29, 1.82) is 0 Å². The normalized spacial score (nSPS) is 10.5. The predicted octanol–water partition coefficient (Wildman–Crippen LogP) is 4.16. The third-order valence-electron chi connectivity index (χ3n) is 2.87. The van der Waals surface area contributed by atoms with Crippen LogP contribution < -0.4 is 10.5 Å². The van der Waals surface area contributed by atoms with Gasteiger partial charge in [0.25, 0.3) is 0 Å². The summed E-state index contributed by atoms with van der Waals surface area (Å²) in [4.78, 5) is 4.38. The van der Waals surface area contributed by atoms with Gasteiger partial charge in [0.1, 0.15) is 24.3 Å². The first-order chi connectivity index (χ1) is 10.2. The molecule has 0 spiro atoms. The second-order valence-corrected chi connectivity index (χ2v) is 4.95. The van der Waals surface area contributed by atoms with Gasteiger partial charge in [0.15, 0.2) is 0 Å². The van der Waals surface area contributed by atoms with Crippen LogP contribution in [0.3, 0.4) is 0 Å². The summed E-state index contributed by atoms with van der Waals surface area (Å²) in [6.45, 7) is 0.313. The molecule has 1 aromatic heterocycles. The van der Waals surface area contributed by atoms with Crippen molar-refractivity contribution in [3.63, 3.8) is 0 Å². The van der Waals surface area contributed by atoms with Crippen LogP contribution in [0.2, 0.25) is 5.02 Å². The fourth-order valence-electron chi connectivity index (χ4n) is 1.89. The number of nitrogen functional groups attached to an aromatic ring is 1. The van der Waals surface area contributed by atoms with Crippen LogP contribution in [0.25, 0.3) is 11.5 Å². The van der Waals surface area contributed by atoms with Crippen molar-refractivity contribution in [3.8, 4) is 17.2 Å². The highest BCUT2D eigenvalue weighted by atomic mass is 35.5. The van der Waals surface area contributed by atoms with Crippen molar-refractivity contribution in [3.05, 3.63) is 65.5 Å². The molecule has 2 N–H and O–H groups in total. The van der Waals surface area contributed by atoms with Crippen LogP contribution in [-0.2, 0) is 6.61 Å². The van der Waals surface area contributed by atoms with Gasteiger partial charge in [0.05, 0.1) is 0 Å². The predicted molar refractivity (Wildman–Crippen MR) is 82.1 cm³/mol. The molecule has 3 aromatic rings. The Morgan fingerprint density at radius 2 is 2.00 bits per heavy atom. The van der Waals surface area contributed by atoms with E-state index >= 15 is 0 Å². The number of halogens is 1. The number of hydrogen-bond donors (Lipinski definition) is 1. The fraction of sp³-hybridized carbons (Fsp3) is 0.0625. The molecule has 106 valence electrons. The van der Waals surface area contributed by atoms with E-state index in [4.69, 9.17) is 26.5 Å². The van der Waals surface area contributed by atoms with Crippen LogP contribution >= 0.6 is 11.6 Å². The van der Waals surface area contributed by atoms with Gasteiger partial charge in [0.2, 0.25) is 5.89 Å². The van der Waals surface area contributed by atoms with E-state index in [2.05, 4.69) is 4.98 Å². The zero-order valence-electron chi connectivity index (χ0n) is 11.1. The van der Waals surface area contributed by atoms with E-state index in [0.717, 1.165) is 5.56 Å². The van der Waals surface area contributed by atoms with Crippen LogP contribution in [0.5, 0.6) is 5.75 Å². The lowest BCUT2D eigenvalue weighted by molar-refractivity contribution is 0.301. The molecular weight excluding hydrogens is 288 g/mol. The Morgan fingerprint density at radius 1 is 1.14 bits per heavy atom. The third kappa shape index (κ3) is 3.35. The molecule has 4 nitrogen and oxygen atoms in total. The highest BCUT2D eigenvalue weighted by Crippen LogP contribution is 2.23. The molecule has 0 saturated heterocycles. The molecule has 0 aliphatic rings. The van der Waals surface area contributed by atoms with Crippen molar-refractivity contribution in [1.82, 2.24) is 4.98 Å². The van der Waals surface area contributed by atoms with Crippen LogP contribution in [0.1, 0.15) is 5.69 Å². The summed E-state index contributed by atoms with van der Waals surface area (Å²) in [5.41, 5.74) is 7.89. The number of aromatic nitrogens is 1. The monoisotopic (exact) mass is 300 g/mol. The molecule has 1 heterocycles. The quantitative estimate of drug-likeness (QED) is 0.735. The number of ether oxygens (including phenoxy) is 1. The Morgan fingerprint density at radius 3 is 2.81 bits per heavy atom. The fourth-order valence-corrected chi connectivity index (χ4v) is 2.08.